The van der Waals surface area contributed by atoms with Gasteiger partial charge in [-0.2, -0.15) is 0 Å². The molecule has 3 rings (SSSR count). The summed E-state index contributed by atoms with van der Waals surface area (Å²) in [5.74, 6) is -0.0492. The molecule has 0 saturated carbocycles. The number of amides is 1. The van der Waals surface area contributed by atoms with Crippen LogP contribution in [0.5, 0.6) is 0 Å². The summed E-state index contributed by atoms with van der Waals surface area (Å²) in [5.41, 5.74) is 1.51. The lowest BCUT2D eigenvalue weighted by Gasteiger charge is -2.23. The molecule has 1 saturated heterocycles. The quantitative estimate of drug-likeness (QED) is 0.911. The second kappa shape index (κ2) is 5.83. The van der Waals surface area contributed by atoms with Crippen molar-refractivity contribution in [3.63, 3.8) is 0 Å². The van der Waals surface area contributed by atoms with Gasteiger partial charge in [0.25, 0.3) is 5.91 Å². The van der Waals surface area contributed by atoms with Crippen LogP contribution in [0.15, 0.2) is 36.9 Å². The number of benzene rings is 1. The number of aromatic nitrogens is 3. The summed E-state index contributed by atoms with van der Waals surface area (Å²) in [7, 11) is 0. The Labute approximate surface area is 116 Å². The standard InChI is InChI=1S/C14H16N4O2/c19-14(17-12-4-6-20-7-5-12)11-2-1-3-13(8-11)18-9-15-16-10-18/h1-3,8-10,12H,4-7H2,(H,17,19). The Morgan fingerprint density at radius 1 is 1.25 bits per heavy atom. The van der Waals surface area contributed by atoms with E-state index in [4.69, 9.17) is 4.74 Å². The van der Waals surface area contributed by atoms with Crippen LogP contribution < -0.4 is 5.32 Å². The fourth-order valence-electron chi connectivity index (χ4n) is 2.25. The first-order chi connectivity index (χ1) is 9.83. The molecule has 6 heteroatoms. The van der Waals surface area contributed by atoms with Crippen LogP contribution in [0.2, 0.25) is 0 Å². The van der Waals surface area contributed by atoms with E-state index in [0.717, 1.165) is 18.5 Å². The summed E-state index contributed by atoms with van der Waals surface area (Å²) < 4.78 is 7.06. The number of carbonyl (C=O) groups is 1. The zero-order chi connectivity index (χ0) is 13.8. The molecule has 20 heavy (non-hydrogen) atoms. The summed E-state index contributed by atoms with van der Waals surface area (Å²) in [6.07, 6.45) is 4.96. The molecule has 1 fully saturated rings. The Bertz CT molecular complexity index is 577. The summed E-state index contributed by atoms with van der Waals surface area (Å²) in [5, 5.41) is 10.6. The molecule has 1 aromatic carbocycles. The van der Waals surface area contributed by atoms with Gasteiger partial charge in [-0.15, -0.1) is 10.2 Å². The van der Waals surface area contributed by atoms with Crippen molar-refractivity contribution in [2.75, 3.05) is 13.2 Å². The van der Waals surface area contributed by atoms with Crippen molar-refractivity contribution in [3.8, 4) is 5.69 Å². The van der Waals surface area contributed by atoms with E-state index in [1.807, 2.05) is 24.3 Å². The van der Waals surface area contributed by atoms with E-state index in [9.17, 15) is 4.79 Å². The lowest BCUT2D eigenvalue weighted by molar-refractivity contribution is 0.0696. The van der Waals surface area contributed by atoms with Crippen molar-refractivity contribution >= 4 is 5.91 Å². The molecule has 6 nitrogen and oxygen atoms in total. The number of carbonyl (C=O) groups excluding carboxylic acids is 1. The van der Waals surface area contributed by atoms with Gasteiger partial charge in [-0.25, -0.2) is 0 Å². The maximum Gasteiger partial charge on any atom is 0.251 e. The van der Waals surface area contributed by atoms with Gasteiger partial charge in [0.1, 0.15) is 12.7 Å². The van der Waals surface area contributed by atoms with E-state index < -0.39 is 0 Å². The topological polar surface area (TPSA) is 69.0 Å². The molecule has 0 spiro atoms. The van der Waals surface area contributed by atoms with E-state index >= 15 is 0 Å². The predicted molar refractivity (Wildman–Crippen MR) is 72.7 cm³/mol. The zero-order valence-electron chi connectivity index (χ0n) is 11.0. The molecule has 0 atom stereocenters. The highest BCUT2D eigenvalue weighted by Crippen LogP contribution is 2.12. The predicted octanol–water partition coefficient (Wildman–Crippen LogP) is 1.18. The molecule has 2 aromatic rings. The Morgan fingerprint density at radius 2 is 2.00 bits per heavy atom. The molecule has 1 aliphatic heterocycles. The molecule has 0 unspecified atom stereocenters. The van der Waals surface area contributed by atoms with Gasteiger partial charge in [0.2, 0.25) is 0 Å². The first-order valence-electron chi connectivity index (χ1n) is 6.66. The number of ether oxygens (including phenoxy) is 1. The third-order valence-corrected chi connectivity index (χ3v) is 3.38. The van der Waals surface area contributed by atoms with Gasteiger partial charge in [-0.05, 0) is 31.0 Å². The Morgan fingerprint density at radius 3 is 2.75 bits per heavy atom. The van der Waals surface area contributed by atoms with Crippen molar-refractivity contribution < 1.29 is 9.53 Å². The van der Waals surface area contributed by atoms with Gasteiger partial charge in [0.15, 0.2) is 0 Å². The van der Waals surface area contributed by atoms with Crippen molar-refractivity contribution in [3.05, 3.63) is 42.5 Å². The van der Waals surface area contributed by atoms with Crippen LogP contribution in [0, 0.1) is 0 Å². The van der Waals surface area contributed by atoms with Crippen molar-refractivity contribution in [1.29, 1.82) is 0 Å². The first kappa shape index (κ1) is 12.8. The summed E-state index contributed by atoms with van der Waals surface area (Å²) >= 11 is 0. The first-order valence-corrected chi connectivity index (χ1v) is 6.66. The van der Waals surface area contributed by atoms with Crippen LogP contribution in [0.1, 0.15) is 23.2 Å². The SMILES string of the molecule is O=C(NC1CCOCC1)c1cccc(-n2cnnc2)c1. The fourth-order valence-corrected chi connectivity index (χ4v) is 2.25. The Balaban J connectivity index is 1.73. The second-order valence-electron chi connectivity index (χ2n) is 4.78. The molecule has 2 heterocycles. The molecular formula is C14H16N4O2. The molecule has 0 radical (unpaired) electrons. The molecule has 1 N–H and O–H groups in total. The van der Waals surface area contributed by atoms with E-state index in [0.29, 0.717) is 18.8 Å². The number of hydrogen-bond acceptors (Lipinski definition) is 4. The van der Waals surface area contributed by atoms with E-state index in [1.165, 1.54) is 0 Å². The van der Waals surface area contributed by atoms with E-state index in [-0.39, 0.29) is 11.9 Å². The van der Waals surface area contributed by atoms with Crippen LogP contribution >= 0.6 is 0 Å². The van der Waals surface area contributed by atoms with Crippen LogP contribution in [0.3, 0.4) is 0 Å². The minimum Gasteiger partial charge on any atom is -0.381 e. The average molecular weight is 272 g/mol. The monoisotopic (exact) mass is 272 g/mol. The summed E-state index contributed by atoms with van der Waals surface area (Å²) in [4.78, 5) is 12.2. The third kappa shape index (κ3) is 2.85. The maximum atomic E-state index is 12.2. The van der Waals surface area contributed by atoms with Gasteiger partial charge in [0, 0.05) is 30.5 Å². The molecule has 1 amide bonds. The number of nitrogens with one attached hydrogen (secondary N) is 1. The normalized spacial score (nSPS) is 16.0. The van der Waals surface area contributed by atoms with Gasteiger partial charge >= 0.3 is 0 Å². The van der Waals surface area contributed by atoms with Crippen molar-refractivity contribution in [2.45, 2.75) is 18.9 Å². The second-order valence-corrected chi connectivity index (χ2v) is 4.78. The van der Waals surface area contributed by atoms with Crippen molar-refractivity contribution in [2.24, 2.45) is 0 Å². The number of hydrogen-bond donors (Lipinski definition) is 1. The van der Waals surface area contributed by atoms with Crippen LogP contribution in [0.25, 0.3) is 5.69 Å². The largest absolute Gasteiger partial charge is 0.381 e. The van der Waals surface area contributed by atoms with E-state index in [2.05, 4.69) is 15.5 Å². The van der Waals surface area contributed by atoms with Crippen LogP contribution in [-0.4, -0.2) is 39.9 Å². The van der Waals surface area contributed by atoms with Gasteiger partial charge in [0.05, 0.1) is 0 Å². The van der Waals surface area contributed by atoms with Crippen LogP contribution in [-0.2, 0) is 4.74 Å². The fraction of sp³-hybridized carbons (Fsp3) is 0.357. The maximum absolute atomic E-state index is 12.2. The third-order valence-electron chi connectivity index (χ3n) is 3.38. The summed E-state index contributed by atoms with van der Waals surface area (Å²) in [6.45, 7) is 1.43. The molecule has 0 aliphatic carbocycles. The highest BCUT2D eigenvalue weighted by molar-refractivity contribution is 5.94. The molecular weight excluding hydrogens is 256 g/mol. The highest BCUT2D eigenvalue weighted by Gasteiger charge is 2.17. The minimum absolute atomic E-state index is 0.0492. The molecule has 1 aliphatic rings. The van der Waals surface area contributed by atoms with Crippen LogP contribution in [0.4, 0.5) is 0 Å². The number of nitrogens with zero attached hydrogens (tertiary/aromatic N) is 3. The van der Waals surface area contributed by atoms with E-state index in [1.54, 1.807) is 17.2 Å². The van der Waals surface area contributed by atoms with Crippen molar-refractivity contribution in [1.82, 2.24) is 20.1 Å². The average Bonchev–Trinajstić information content (AvgIpc) is 3.03. The lowest BCUT2D eigenvalue weighted by Crippen LogP contribution is -2.38. The zero-order valence-corrected chi connectivity index (χ0v) is 11.0. The molecule has 104 valence electrons. The smallest absolute Gasteiger partial charge is 0.251 e. The minimum atomic E-state index is -0.0492. The molecule has 1 aromatic heterocycles. The summed E-state index contributed by atoms with van der Waals surface area (Å²) in [6, 6.07) is 7.61. The molecule has 0 bridgehead atoms. The Hall–Kier alpha value is -2.21. The van der Waals surface area contributed by atoms with Gasteiger partial charge < -0.3 is 10.1 Å². The Kier molecular flexibility index (Phi) is 3.73. The van der Waals surface area contributed by atoms with Gasteiger partial charge in [-0.3, -0.25) is 9.36 Å². The lowest BCUT2D eigenvalue weighted by atomic mass is 10.1. The highest BCUT2D eigenvalue weighted by atomic mass is 16.5. The number of rotatable bonds is 3. The van der Waals surface area contributed by atoms with Gasteiger partial charge in [-0.1, -0.05) is 6.07 Å².